The standard InChI is InChI=1S/C72H47F2N3/c73-58-27-37-61(38-28-58)75(62-39-29-59(74)30-40-62)60-31-23-52(24-32-60)55-43-56(53-25-41-71-67(46-53)65-15-7-9-17-69(65)76(71)63-33-19-50(20-34-63)48-11-3-1-4-12-48)45-57(44-55)54-26-42-72-68(47-54)66-16-8-10-18-70(66)77(72)64-35-21-51(22-36-64)49-13-5-2-6-14-49/h1-47H. The number of fused-ring (bicyclic) bond motifs is 6. The third-order valence-electron chi connectivity index (χ3n) is 15.0. The summed E-state index contributed by atoms with van der Waals surface area (Å²) in [5.41, 5.74) is 20.4. The van der Waals surface area contributed by atoms with Crippen LogP contribution in [0, 0.1) is 11.6 Å². The second kappa shape index (κ2) is 19.0. The molecule has 2 heterocycles. The molecule has 0 N–H and O–H groups in total. The fourth-order valence-electron chi connectivity index (χ4n) is 11.3. The average molecular weight is 992 g/mol. The summed E-state index contributed by atoms with van der Waals surface area (Å²) >= 11 is 0. The fraction of sp³-hybridized carbons (Fsp3) is 0. The minimum Gasteiger partial charge on any atom is -0.310 e. The number of hydrogen-bond donors (Lipinski definition) is 0. The lowest BCUT2D eigenvalue weighted by Gasteiger charge is -2.25. The Kier molecular flexibility index (Phi) is 11.2. The van der Waals surface area contributed by atoms with Crippen LogP contribution in [0.2, 0.25) is 0 Å². The van der Waals surface area contributed by atoms with Crippen LogP contribution < -0.4 is 4.90 Å². The van der Waals surface area contributed by atoms with E-state index in [4.69, 9.17) is 0 Å². The predicted molar refractivity (Wildman–Crippen MR) is 317 cm³/mol. The molecule has 14 rings (SSSR count). The second-order valence-electron chi connectivity index (χ2n) is 19.6. The summed E-state index contributed by atoms with van der Waals surface area (Å²) in [6.07, 6.45) is 0. The van der Waals surface area contributed by atoms with Gasteiger partial charge in [0.25, 0.3) is 0 Å². The van der Waals surface area contributed by atoms with Crippen LogP contribution in [-0.4, -0.2) is 9.13 Å². The summed E-state index contributed by atoms with van der Waals surface area (Å²) in [6.45, 7) is 0. The van der Waals surface area contributed by atoms with E-state index in [-0.39, 0.29) is 11.6 Å². The van der Waals surface area contributed by atoms with Gasteiger partial charge in [-0.05, 0) is 195 Å². The molecule has 0 aliphatic heterocycles. The van der Waals surface area contributed by atoms with Crippen LogP contribution in [0.25, 0.3) is 111 Å². The Balaban J connectivity index is 0.909. The first-order chi connectivity index (χ1) is 38.0. The minimum absolute atomic E-state index is 0.323. The van der Waals surface area contributed by atoms with Gasteiger partial charge in [-0.1, -0.05) is 146 Å². The summed E-state index contributed by atoms with van der Waals surface area (Å²) < 4.78 is 33.2. The summed E-state index contributed by atoms with van der Waals surface area (Å²) in [5.74, 6) is -0.646. The Morgan fingerprint density at radius 1 is 0.221 bits per heavy atom. The molecule has 12 aromatic carbocycles. The predicted octanol–water partition coefficient (Wildman–Crippen LogP) is 20.0. The Labute approximate surface area is 445 Å². The molecular formula is C72H47F2N3. The average Bonchev–Trinajstić information content (AvgIpc) is 4.10. The van der Waals surface area contributed by atoms with E-state index in [1.165, 1.54) is 68.1 Å². The molecule has 0 atom stereocenters. The number of nitrogens with zero attached hydrogens (tertiary/aromatic N) is 3. The van der Waals surface area contributed by atoms with Gasteiger partial charge in [0.1, 0.15) is 11.6 Å². The van der Waals surface area contributed by atoms with Crippen LogP contribution in [0.5, 0.6) is 0 Å². The molecule has 0 fully saturated rings. The zero-order valence-electron chi connectivity index (χ0n) is 41.7. The van der Waals surface area contributed by atoms with Crippen molar-refractivity contribution in [1.82, 2.24) is 9.13 Å². The van der Waals surface area contributed by atoms with E-state index < -0.39 is 0 Å². The van der Waals surface area contributed by atoms with E-state index in [0.717, 1.165) is 83.9 Å². The van der Waals surface area contributed by atoms with Gasteiger partial charge in [-0.3, -0.25) is 0 Å². The lowest BCUT2D eigenvalue weighted by atomic mass is 9.92. The summed E-state index contributed by atoms with van der Waals surface area (Å²) in [7, 11) is 0. The van der Waals surface area contributed by atoms with Crippen molar-refractivity contribution in [2.75, 3.05) is 4.90 Å². The molecule has 14 aromatic rings. The molecule has 77 heavy (non-hydrogen) atoms. The smallest absolute Gasteiger partial charge is 0.123 e. The van der Waals surface area contributed by atoms with E-state index in [1.807, 2.05) is 4.90 Å². The lowest BCUT2D eigenvalue weighted by molar-refractivity contribution is 0.628. The molecule has 0 aliphatic rings. The number of aromatic nitrogens is 2. The largest absolute Gasteiger partial charge is 0.310 e. The van der Waals surface area contributed by atoms with E-state index in [2.05, 4.69) is 246 Å². The first-order valence-electron chi connectivity index (χ1n) is 25.9. The van der Waals surface area contributed by atoms with Crippen LogP contribution in [0.15, 0.2) is 285 Å². The van der Waals surface area contributed by atoms with Gasteiger partial charge in [-0.25, -0.2) is 8.78 Å². The van der Waals surface area contributed by atoms with Gasteiger partial charge in [-0.2, -0.15) is 0 Å². The van der Waals surface area contributed by atoms with Gasteiger partial charge < -0.3 is 14.0 Å². The van der Waals surface area contributed by atoms with Crippen molar-refractivity contribution in [2.24, 2.45) is 0 Å². The number of anilines is 3. The highest BCUT2D eigenvalue weighted by Gasteiger charge is 2.19. The number of benzene rings is 12. The van der Waals surface area contributed by atoms with Gasteiger partial charge in [0, 0.05) is 50.0 Å². The van der Waals surface area contributed by atoms with Crippen molar-refractivity contribution < 1.29 is 8.78 Å². The molecule has 364 valence electrons. The van der Waals surface area contributed by atoms with Crippen molar-refractivity contribution in [3.8, 4) is 67.0 Å². The van der Waals surface area contributed by atoms with Gasteiger partial charge in [0.05, 0.1) is 22.1 Å². The molecule has 0 saturated heterocycles. The molecule has 3 nitrogen and oxygen atoms in total. The van der Waals surface area contributed by atoms with Crippen LogP contribution >= 0.6 is 0 Å². The van der Waals surface area contributed by atoms with Crippen LogP contribution in [0.1, 0.15) is 0 Å². The highest BCUT2D eigenvalue weighted by Crippen LogP contribution is 2.42. The van der Waals surface area contributed by atoms with Crippen molar-refractivity contribution >= 4 is 60.7 Å². The number of halogens is 2. The number of rotatable bonds is 10. The SMILES string of the molecule is Fc1ccc(N(c2ccc(F)cc2)c2ccc(-c3cc(-c4ccc5c(c4)c4ccccc4n5-c4ccc(-c5ccccc5)cc4)cc(-c4ccc5c(c4)c4ccccc4n5-c4ccc(-c5ccccc5)cc4)c3)cc2)cc1. The van der Waals surface area contributed by atoms with Crippen molar-refractivity contribution in [3.05, 3.63) is 297 Å². The molecule has 0 spiro atoms. The second-order valence-corrected chi connectivity index (χ2v) is 19.6. The van der Waals surface area contributed by atoms with Gasteiger partial charge in [-0.15, -0.1) is 0 Å². The maximum atomic E-state index is 14.2. The fourth-order valence-corrected chi connectivity index (χ4v) is 11.3. The van der Waals surface area contributed by atoms with E-state index in [0.29, 0.717) is 0 Å². The topological polar surface area (TPSA) is 13.1 Å². The van der Waals surface area contributed by atoms with Crippen molar-refractivity contribution in [1.29, 1.82) is 0 Å². The Hall–Kier alpha value is -10.1. The first-order valence-corrected chi connectivity index (χ1v) is 25.9. The van der Waals surface area contributed by atoms with Crippen molar-refractivity contribution in [3.63, 3.8) is 0 Å². The Bertz CT molecular complexity index is 4200. The van der Waals surface area contributed by atoms with E-state index >= 15 is 0 Å². The molecule has 0 bridgehead atoms. The maximum Gasteiger partial charge on any atom is 0.123 e. The van der Waals surface area contributed by atoms with Crippen LogP contribution in [0.4, 0.5) is 25.8 Å². The lowest BCUT2D eigenvalue weighted by Crippen LogP contribution is -2.09. The molecule has 0 aliphatic carbocycles. The highest BCUT2D eigenvalue weighted by molar-refractivity contribution is 6.12. The zero-order valence-corrected chi connectivity index (χ0v) is 41.7. The molecule has 0 saturated carbocycles. The molecule has 5 heteroatoms. The molecule has 0 amide bonds. The van der Waals surface area contributed by atoms with E-state index in [1.54, 1.807) is 24.3 Å². The zero-order chi connectivity index (χ0) is 51.4. The highest BCUT2D eigenvalue weighted by atomic mass is 19.1. The third-order valence-corrected chi connectivity index (χ3v) is 15.0. The van der Waals surface area contributed by atoms with Gasteiger partial charge in [0.15, 0.2) is 0 Å². The minimum atomic E-state index is -0.323. The van der Waals surface area contributed by atoms with E-state index in [9.17, 15) is 8.78 Å². The summed E-state index contributed by atoms with van der Waals surface area (Å²) in [5, 5.41) is 4.72. The summed E-state index contributed by atoms with van der Waals surface area (Å²) in [4.78, 5) is 2.01. The van der Waals surface area contributed by atoms with Gasteiger partial charge >= 0.3 is 0 Å². The first kappa shape index (κ1) is 45.5. The Morgan fingerprint density at radius 2 is 0.519 bits per heavy atom. The third kappa shape index (κ3) is 8.31. The normalized spacial score (nSPS) is 11.5. The van der Waals surface area contributed by atoms with Gasteiger partial charge in [0.2, 0.25) is 0 Å². The molecular weight excluding hydrogens is 945 g/mol. The molecule has 2 aromatic heterocycles. The Morgan fingerprint density at radius 3 is 0.935 bits per heavy atom. The number of hydrogen-bond acceptors (Lipinski definition) is 1. The van der Waals surface area contributed by atoms with Crippen LogP contribution in [-0.2, 0) is 0 Å². The number of para-hydroxylation sites is 2. The van der Waals surface area contributed by atoms with Crippen LogP contribution in [0.3, 0.4) is 0 Å². The molecule has 0 radical (unpaired) electrons. The maximum absolute atomic E-state index is 14.2. The molecule has 0 unspecified atom stereocenters. The summed E-state index contributed by atoms with van der Waals surface area (Å²) in [6, 6.07) is 97.9. The monoisotopic (exact) mass is 991 g/mol. The van der Waals surface area contributed by atoms with Crippen molar-refractivity contribution in [2.45, 2.75) is 0 Å². The quantitative estimate of drug-likeness (QED) is 0.133.